The van der Waals surface area contributed by atoms with Crippen LogP contribution in [0, 0.1) is 0 Å². The first-order valence-corrected chi connectivity index (χ1v) is 6.95. The first-order valence-electron chi connectivity index (χ1n) is 5.59. The number of aliphatic hydroxyl groups is 2. The van der Waals surface area contributed by atoms with Gasteiger partial charge in [-0.3, -0.25) is 9.35 Å². The van der Waals surface area contributed by atoms with Gasteiger partial charge in [0.05, 0.1) is 6.61 Å². The van der Waals surface area contributed by atoms with Crippen molar-refractivity contribution < 1.29 is 41.6 Å². The molecule has 0 bridgehead atoms. The number of ether oxygens (including phenoxy) is 2. The minimum absolute atomic E-state index is 0.473. The molecule has 1 fully saturated rings. The molecule has 1 amide bonds. The molecule has 1 saturated heterocycles. The fourth-order valence-corrected chi connectivity index (χ4v) is 2.12. The van der Waals surface area contributed by atoms with E-state index in [-0.39, 0.29) is 0 Å². The van der Waals surface area contributed by atoms with Gasteiger partial charge in [0.2, 0.25) is 5.91 Å². The molecular formula is C9H17NO9S. The van der Waals surface area contributed by atoms with Crippen molar-refractivity contribution in [2.75, 3.05) is 13.7 Å². The molecule has 1 heterocycles. The van der Waals surface area contributed by atoms with E-state index in [1.165, 1.54) is 14.0 Å². The second kappa shape index (κ2) is 6.76. The lowest BCUT2D eigenvalue weighted by molar-refractivity contribution is -0.261. The molecular weight excluding hydrogens is 298 g/mol. The van der Waals surface area contributed by atoms with Crippen molar-refractivity contribution in [1.29, 1.82) is 0 Å². The van der Waals surface area contributed by atoms with E-state index in [1.54, 1.807) is 0 Å². The Balaban J connectivity index is 2.77. The molecule has 11 heteroatoms. The smallest absolute Gasteiger partial charge is 0.388 e. The third kappa shape index (κ3) is 4.63. The second-order valence-electron chi connectivity index (χ2n) is 4.20. The zero-order valence-electron chi connectivity index (χ0n) is 10.8. The first kappa shape index (κ1) is 17.2. The molecule has 0 aromatic heterocycles. The van der Waals surface area contributed by atoms with E-state index in [1.807, 2.05) is 0 Å². The van der Waals surface area contributed by atoms with Crippen LogP contribution in [0.25, 0.3) is 0 Å². The monoisotopic (exact) mass is 315 g/mol. The van der Waals surface area contributed by atoms with Crippen LogP contribution in [0.4, 0.5) is 0 Å². The SMILES string of the molecule is CO[C@@H]1O[C@H](COS(=O)(=O)O)[C@@H](O)[C@H](O)[C@H]1NC(C)=O. The topological polar surface area (TPSA) is 152 Å². The minimum atomic E-state index is -4.70. The molecule has 1 aliphatic heterocycles. The van der Waals surface area contributed by atoms with Gasteiger partial charge in [-0.15, -0.1) is 0 Å². The molecule has 0 aliphatic carbocycles. The largest absolute Gasteiger partial charge is 0.397 e. The average molecular weight is 315 g/mol. The Hall–Kier alpha value is -0.820. The summed E-state index contributed by atoms with van der Waals surface area (Å²) >= 11 is 0. The Morgan fingerprint density at radius 1 is 1.35 bits per heavy atom. The minimum Gasteiger partial charge on any atom is -0.388 e. The van der Waals surface area contributed by atoms with Crippen LogP contribution in [0.1, 0.15) is 6.92 Å². The molecule has 0 unspecified atom stereocenters. The zero-order valence-corrected chi connectivity index (χ0v) is 11.6. The van der Waals surface area contributed by atoms with Crippen LogP contribution in [0.15, 0.2) is 0 Å². The maximum atomic E-state index is 11.0. The van der Waals surface area contributed by atoms with E-state index in [9.17, 15) is 23.4 Å². The predicted molar refractivity (Wildman–Crippen MR) is 62.8 cm³/mol. The molecule has 0 radical (unpaired) electrons. The van der Waals surface area contributed by atoms with Crippen molar-refractivity contribution >= 4 is 16.3 Å². The number of methoxy groups -OCH3 is 1. The van der Waals surface area contributed by atoms with Gasteiger partial charge in [-0.25, -0.2) is 4.18 Å². The summed E-state index contributed by atoms with van der Waals surface area (Å²) in [6, 6.07) is -1.03. The zero-order chi connectivity index (χ0) is 15.5. The molecule has 4 N–H and O–H groups in total. The van der Waals surface area contributed by atoms with E-state index in [0.717, 1.165) is 0 Å². The highest BCUT2D eigenvalue weighted by atomic mass is 32.3. The Kier molecular flexibility index (Phi) is 5.82. The van der Waals surface area contributed by atoms with Gasteiger partial charge in [0.15, 0.2) is 6.29 Å². The van der Waals surface area contributed by atoms with Crippen molar-refractivity contribution in [2.45, 2.75) is 37.6 Å². The summed E-state index contributed by atoms with van der Waals surface area (Å²) in [7, 11) is -3.46. The van der Waals surface area contributed by atoms with Crippen LogP contribution in [-0.2, 0) is 28.9 Å². The number of amides is 1. The summed E-state index contributed by atoms with van der Waals surface area (Å²) in [5.74, 6) is -0.473. The van der Waals surface area contributed by atoms with Crippen LogP contribution in [0.5, 0.6) is 0 Å². The summed E-state index contributed by atoms with van der Waals surface area (Å²) in [6.07, 6.45) is -5.39. The Labute approximate surface area is 115 Å². The van der Waals surface area contributed by atoms with E-state index >= 15 is 0 Å². The summed E-state index contributed by atoms with van der Waals surface area (Å²) < 4.78 is 43.6. The number of carbonyl (C=O) groups excluding carboxylic acids is 1. The fourth-order valence-electron chi connectivity index (χ4n) is 1.81. The standard InChI is InChI=1S/C9H17NO9S/c1-4(11)10-6-8(13)7(12)5(19-9(6)17-2)3-18-20(14,15)16/h5-9,12-13H,3H2,1-2H3,(H,10,11)(H,14,15,16)/t5-,6-,7-,8-,9-/m1/s1. The van der Waals surface area contributed by atoms with Gasteiger partial charge in [-0.2, -0.15) is 8.42 Å². The lowest BCUT2D eigenvalue weighted by Gasteiger charge is -2.41. The molecule has 1 rings (SSSR count). The van der Waals surface area contributed by atoms with Crippen LogP contribution in [0.3, 0.4) is 0 Å². The highest BCUT2D eigenvalue weighted by Crippen LogP contribution is 2.22. The maximum absolute atomic E-state index is 11.0. The van der Waals surface area contributed by atoms with Gasteiger partial charge in [0.25, 0.3) is 0 Å². The Morgan fingerprint density at radius 2 is 1.95 bits per heavy atom. The summed E-state index contributed by atoms with van der Waals surface area (Å²) in [6.45, 7) is 0.489. The van der Waals surface area contributed by atoms with Gasteiger partial charge in [0, 0.05) is 14.0 Å². The quantitative estimate of drug-likeness (QED) is 0.400. The van der Waals surface area contributed by atoms with E-state index in [2.05, 4.69) is 9.50 Å². The molecule has 118 valence electrons. The highest BCUT2D eigenvalue weighted by molar-refractivity contribution is 7.80. The first-order chi connectivity index (χ1) is 9.15. The number of nitrogens with one attached hydrogen (secondary N) is 1. The van der Waals surface area contributed by atoms with Gasteiger partial charge in [-0.05, 0) is 0 Å². The van der Waals surface area contributed by atoms with Crippen molar-refractivity contribution in [3.63, 3.8) is 0 Å². The third-order valence-corrected chi connectivity index (χ3v) is 3.12. The van der Waals surface area contributed by atoms with Crippen LogP contribution >= 0.6 is 0 Å². The van der Waals surface area contributed by atoms with Crippen LogP contribution < -0.4 is 5.32 Å². The van der Waals surface area contributed by atoms with Crippen molar-refractivity contribution in [3.05, 3.63) is 0 Å². The van der Waals surface area contributed by atoms with Gasteiger partial charge >= 0.3 is 10.4 Å². The van der Waals surface area contributed by atoms with Crippen LogP contribution in [0.2, 0.25) is 0 Å². The summed E-state index contributed by atoms with van der Waals surface area (Å²) in [4.78, 5) is 11.0. The molecule has 0 saturated carbocycles. The molecule has 20 heavy (non-hydrogen) atoms. The summed E-state index contributed by atoms with van der Waals surface area (Å²) in [5.41, 5.74) is 0. The number of rotatable bonds is 5. The molecule has 0 spiro atoms. The molecule has 10 nitrogen and oxygen atoms in total. The lowest BCUT2D eigenvalue weighted by Crippen LogP contribution is -2.64. The molecule has 0 aromatic rings. The van der Waals surface area contributed by atoms with Crippen molar-refractivity contribution in [1.82, 2.24) is 5.32 Å². The van der Waals surface area contributed by atoms with Crippen LogP contribution in [-0.4, -0.2) is 73.5 Å². The number of hydrogen-bond acceptors (Lipinski definition) is 8. The predicted octanol–water partition coefficient (Wildman–Crippen LogP) is -2.60. The van der Waals surface area contributed by atoms with E-state index in [0.29, 0.717) is 0 Å². The fraction of sp³-hybridized carbons (Fsp3) is 0.889. The molecule has 0 aromatic carbocycles. The van der Waals surface area contributed by atoms with E-state index in [4.69, 9.17) is 14.0 Å². The van der Waals surface area contributed by atoms with Crippen molar-refractivity contribution in [3.8, 4) is 0 Å². The van der Waals surface area contributed by atoms with Gasteiger partial charge < -0.3 is 25.0 Å². The van der Waals surface area contributed by atoms with Gasteiger partial charge in [0.1, 0.15) is 24.4 Å². The third-order valence-electron chi connectivity index (χ3n) is 2.68. The molecule has 5 atom stereocenters. The molecule has 1 aliphatic rings. The van der Waals surface area contributed by atoms with Gasteiger partial charge in [-0.1, -0.05) is 0 Å². The lowest BCUT2D eigenvalue weighted by atomic mass is 9.97. The maximum Gasteiger partial charge on any atom is 0.397 e. The van der Waals surface area contributed by atoms with Crippen molar-refractivity contribution in [2.24, 2.45) is 0 Å². The number of aliphatic hydroxyl groups excluding tert-OH is 2. The number of carbonyl (C=O) groups is 1. The Bertz CT molecular complexity index is 437. The Morgan fingerprint density at radius 3 is 2.40 bits per heavy atom. The number of hydrogen-bond donors (Lipinski definition) is 4. The summed E-state index contributed by atoms with van der Waals surface area (Å²) in [5, 5.41) is 22.0. The average Bonchev–Trinajstić information content (AvgIpc) is 2.32. The van der Waals surface area contributed by atoms with E-state index < -0.39 is 53.6 Å². The normalized spacial score (nSPS) is 34.8. The highest BCUT2D eigenvalue weighted by Gasteiger charge is 2.45. The second-order valence-corrected chi connectivity index (χ2v) is 5.29.